The fourth-order valence-electron chi connectivity index (χ4n) is 1.37. The van der Waals surface area contributed by atoms with Crippen LogP contribution in [0.5, 0.6) is 0 Å². The molecule has 0 unspecified atom stereocenters. The predicted molar refractivity (Wildman–Crippen MR) is 47.5 cm³/mol. The van der Waals surface area contributed by atoms with E-state index in [1.54, 1.807) is 6.92 Å². The molecule has 2 N–H and O–H groups in total. The number of aromatic carboxylic acids is 1. The molecule has 6 nitrogen and oxygen atoms in total. The highest BCUT2D eigenvalue weighted by atomic mass is 16.4. The third kappa shape index (κ3) is 1.00. The number of aromatic amines is 1. The lowest BCUT2D eigenvalue weighted by molar-refractivity contribution is 0.0699. The molecule has 0 aromatic carbocycles. The fraction of sp³-hybridized carbons (Fsp3) is 0.125. The van der Waals surface area contributed by atoms with E-state index in [-0.39, 0.29) is 11.1 Å². The van der Waals surface area contributed by atoms with Crippen LogP contribution >= 0.6 is 0 Å². The van der Waals surface area contributed by atoms with Gasteiger partial charge in [0.1, 0.15) is 11.8 Å². The molecular weight excluding hydrogens is 186 g/mol. The number of nitrogens with zero attached hydrogens (tertiary/aromatic N) is 2. The Labute approximate surface area is 77.8 Å². The van der Waals surface area contributed by atoms with E-state index in [0.717, 1.165) is 0 Å². The second kappa shape index (κ2) is 2.69. The second-order valence-electron chi connectivity index (χ2n) is 2.88. The second-order valence-corrected chi connectivity index (χ2v) is 2.88. The first-order chi connectivity index (χ1) is 6.61. The molecule has 0 aliphatic carbocycles. The lowest BCUT2D eigenvalue weighted by atomic mass is 10.3. The minimum Gasteiger partial charge on any atom is -0.478 e. The van der Waals surface area contributed by atoms with Gasteiger partial charge in [-0.3, -0.25) is 4.79 Å². The van der Waals surface area contributed by atoms with E-state index in [2.05, 4.69) is 10.1 Å². The van der Waals surface area contributed by atoms with E-state index in [4.69, 9.17) is 5.11 Å². The van der Waals surface area contributed by atoms with E-state index < -0.39 is 11.5 Å². The SMILES string of the molecule is Cc1cc(C(=O)O)c2c(=O)[nH]cnn12. The predicted octanol–water partition coefficient (Wildman–Crippen LogP) is 0.0292. The lowest BCUT2D eigenvalue weighted by Gasteiger charge is -1.93. The summed E-state index contributed by atoms with van der Waals surface area (Å²) in [5.74, 6) is -1.13. The maximum atomic E-state index is 11.3. The van der Waals surface area contributed by atoms with Crippen LogP contribution in [0.4, 0.5) is 0 Å². The number of aryl methyl sites for hydroxylation is 1. The first-order valence-corrected chi connectivity index (χ1v) is 3.90. The van der Waals surface area contributed by atoms with Gasteiger partial charge in [0, 0.05) is 5.69 Å². The molecule has 0 aliphatic heterocycles. The van der Waals surface area contributed by atoms with E-state index in [0.29, 0.717) is 5.69 Å². The Morgan fingerprint density at radius 1 is 1.64 bits per heavy atom. The third-order valence-electron chi connectivity index (χ3n) is 1.97. The number of hydrogen-bond donors (Lipinski definition) is 2. The Balaban J connectivity index is 3.00. The molecule has 0 spiro atoms. The van der Waals surface area contributed by atoms with Crippen LogP contribution in [0.2, 0.25) is 0 Å². The zero-order valence-electron chi connectivity index (χ0n) is 7.31. The number of carboxylic acids is 1. The van der Waals surface area contributed by atoms with Crippen molar-refractivity contribution in [3.63, 3.8) is 0 Å². The van der Waals surface area contributed by atoms with Gasteiger partial charge < -0.3 is 10.1 Å². The Morgan fingerprint density at radius 3 is 3.00 bits per heavy atom. The Morgan fingerprint density at radius 2 is 2.36 bits per heavy atom. The zero-order valence-corrected chi connectivity index (χ0v) is 7.31. The summed E-state index contributed by atoms with van der Waals surface area (Å²) in [6.45, 7) is 1.69. The largest absolute Gasteiger partial charge is 0.478 e. The van der Waals surface area contributed by atoms with Crippen molar-refractivity contribution in [2.24, 2.45) is 0 Å². The van der Waals surface area contributed by atoms with Crippen molar-refractivity contribution < 1.29 is 9.90 Å². The average molecular weight is 193 g/mol. The number of H-pyrrole nitrogens is 1. The molecule has 0 bridgehead atoms. The minimum absolute atomic E-state index is 0.0307. The van der Waals surface area contributed by atoms with Crippen LogP contribution in [0, 0.1) is 6.92 Å². The van der Waals surface area contributed by atoms with Crippen molar-refractivity contribution in [3.8, 4) is 0 Å². The lowest BCUT2D eigenvalue weighted by Crippen LogP contribution is -2.13. The van der Waals surface area contributed by atoms with Gasteiger partial charge >= 0.3 is 5.97 Å². The minimum atomic E-state index is -1.13. The molecule has 0 amide bonds. The van der Waals surface area contributed by atoms with E-state index in [9.17, 15) is 9.59 Å². The maximum absolute atomic E-state index is 11.3. The number of aromatic nitrogens is 3. The summed E-state index contributed by atoms with van der Waals surface area (Å²) in [6, 6.07) is 1.42. The first-order valence-electron chi connectivity index (χ1n) is 3.90. The average Bonchev–Trinajstić information content (AvgIpc) is 2.46. The highest BCUT2D eigenvalue weighted by molar-refractivity contribution is 5.95. The summed E-state index contributed by atoms with van der Waals surface area (Å²) in [5.41, 5.74) is 0.198. The van der Waals surface area contributed by atoms with E-state index in [1.807, 2.05) is 0 Å². The van der Waals surface area contributed by atoms with Crippen molar-refractivity contribution in [2.45, 2.75) is 6.92 Å². The highest BCUT2D eigenvalue weighted by Gasteiger charge is 2.15. The van der Waals surface area contributed by atoms with E-state index >= 15 is 0 Å². The first kappa shape index (κ1) is 8.49. The summed E-state index contributed by atoms with van der Waals surface area (Å²) in [5, 5.41) is 12.7. The third-order valence-corrected chi connectivity index (χ3v) is 1.97. The molecule has 14 heavy (non-hydrogen) atoms. The molecule has 72 valence electrons. The van der Waals surface area contributed by atoms with Crippen LogP contribution in [0.3, 0.4) is 0 Å². The Kier molecular flexibility index (Phi) is 1.63. The monoisotopic (exact) mass is 193 g/mol. The quantitative estimate of drug-likeness (QED) is 0.668. The molecule has 6 heteroatoms. The van der Waals surface area contributed by atoms with Gasteiger partial charge in [-0.1, -0.05) is 0 Å². The summed E-state index contributed by atoms with van der Waals surface area (Å²) in [6.07, 6.45) is 1.23. The normalized spacial score (nSPS) is 10.6. The van der Waals surface area contributed by atoms with Gasteiger partial charge in [0.15, 0.2) is 0 Å². The topological polar surface area (TPSA) is 87.5 Å². The molecule has 2 aromatic rings. The number of fused-ring (bicyclic) bond motifs is 1. The van der Waals surface area contributed by atoms with Gasteiger partial charge in [-0.15, -0.1) is 0 Å². The smallest absolute Gasteiger partial charge is 0.338 e. The molecule has 0 atom stereocenters. The molecule has 0 fully saturated rings. The van der Waals surface area contributed by atoms with Crippen LogP contribution in [0.1, 0.15) is 16.1 Å². The fourth-order valence-corrected chi connectivity index (χ4v) is 1.37. The molecule has 2 rings (SSSR count). The maximum Gasteiger partial charge on any atom is 0.338 e. The number of carbonyl (C=O) groups is 1. The van der Waals surface area contributed by atoms with E-state index in [1.165, 1.54) is 16.9 Å². The van der Waals surface area contributed by atoms with Gasteiger partial charge in [0.25, 0.3) is 5.56 Å². The van der Waals surface area contributed by atoms with Crippen LogP contribution < -0.4 is 5.56 Å². The molecule has 0 aliphatic rings. The highest BCUT2D eigenvalue weighted by Crippen LogP contribution is 2.10. The van der Waals surface area contributed by atoms with Gasteiger partial charge in [0.2, 0.25) is 0 Å². The Hall–Kier alpha value is -2.11. The van der Waals surface area contributed by atoms with Crippen molar-refractivity contribution in [1.82, 2.24) is 14.6 Å². The van der Waals surface area contributed by atoms with Crippen molar-refractivity contribution in [2.75, 3.05) is 0 Å². The zero-order chi connectivity index (χ0) is 10.3. The molecule has 2 heterocycles. The molecule has 2 aromatic heterocycles. The van der Waals surface area contributed by atoms with Crippen LogP contribution in [0.25, 0.3) is 5.52 Å². The summed E-state index contributed by atoms with van der Waals surface area (Å²) in [7, 11) is 0. The summed E-state index contributed by atoms with van der Waals surface area (Å²) < 4.78 is 1.31. The van der Waals surface area contributed by atoms with Gasteiger partial charge in [-0.05, 0) is 13.0 Å². The van der Waals surface area contributed by atoms with Crippen molar-refractivity contribution in [1.29, 1.82) is 0 Å². The van der Waals surface area contributed by atoms with Crippen LogP contribution in [-0.2, 0) is 0 Å². The van der Waals surface area contributed by atoms with Crippen LogP contribution in [0.15, 0.2) is 17.2 Å². The number of hydrogen-bond acceptors (Lipinski definition) is 3. The Bertz CT molecular complexity index is 567. The van der Waals surface area contributed by atoms with Crippen LogP contribution in [-0.4, -0.2) is 25.7 Å². The molecule has 0 saturated carbocycles. The van der Waals surface area contributed by atoms with Gasteiger partial charge in [-0.2, -0.15) is 5.10 Å². The number of rotatable bonds is 1. The standard InChI is InChI=1S/C8H7N3O3/c1-4-2-5(8(13)14)6-7(12)9-3-10-11(4)6/h2-3H,1H3,(H,13,14)(H,9,10,12). The molecular formula is C8H7N3O3. The summed E-state index contributed by atoms with van der Waals surface area (Å²) in [4.78, 5) is 24.5. The number of nitrogens with one attached hydrogen (secondary N) is 1. The van der Waals surface area contributed by atoms with Gasteiger partial charge in [0.05, 0.1) is 5.56 Å². The van der Waals surface area contributed by atoms with Crippen molar-refractivity contribution in [3.05, 3.63) is 34.0 Å². The number of carboxylic acid groups (broad SMARTS) is 1. The molecule has 0 radical (unpaired) electrons. The summed E-state index contributed by atoms with van der Waals surface area (Å²) >= 11 is 0. The van der Waals surface area contributed by atoms with Crippen molar-refractivity contribution >= 4 is 11.5 Å². The molecule has 0 saturated heterocycles. The van der Waals surface area contributed by atoms with Gasteiger partial charge in [-0.25, -0.2) is 9.31 Å².